The molecule has 0 heterocycles. The van der Waals surface area contributed by atoms with Crippen LogP contribution in [0.4, 0.5) is 4.79 Å². The average molecular weight is 157 g/mol. The summed E-state index contributed by atoms with van der Waals surface area (Å²) in [6.45, 7) is 0. The van der Waals surface area contributed by atoms with E-state index in [4.69, 9.17) is 5.11 Å². The van der Waals surface area contributed by atoms with Gasteiger partial charge >= 0.3 is 6.09 Å². The first kappa shape index (κ1) is 6.91. The minimum atomic E-state index is -1.03. The number of fused-ring (bicyclic) bond motifs is 1. The molecule has 2 fully saturated rings. The molecule has 2 aliphatic rings. The van der Waals surface area contributed by atoms with Gasteiger partial charge in [0.05, 0.1) is 12.1 Å². The molecule has 1 amide bonds. The molecule has 2 saturated carbocycles. The summed E-state index contributed by atoms with van der Waals surface area (Å²) in [5.41, 5.74) is 0. The monoisotopic (exact) mass is 157 g/mol. The SMILES string of the molecule is O=C(O)N[C@H]1C[C@@H]2CC2C1O. The molecule has 4 nitrogen and oxygen atoms in total. The van der Waals surface area contributed by atoms with E-state index in [0.717, 1.165) is 12.8 Å². The molecule has 62 valence electrons. The molecule has 0 aliphatic heterocycles. The summed E-state index contributed by atoms with van der Waals surface area (Å²) in [7, 11) is 0. The summed E-state index contributed by atoms with van der Waals surface area (Å²) >= 11 is 0. The molecule has 4 heteroatoms. The first-order chi connectivity index (χ1) is 5.18. The summed E-state index contributed by atoms with van der Waals surface area (Å²) in [5.74, 6) is 0.966. The first-order valence-electron chi connectivity index (χ1n) is 3.86. The van der Waals surface area contributed by atoms with Gasteiger partial charge in [-0.1, -0.05) is 0 Å². The Morgan fingerprint density at radius 3 is 2.64 bits per heavy atom. The Balaban J connectivity index is 1.91. The minimum Gasteiger partial charge on any atom is -0.465 e. The van der Waals surface area contributed by atoms with E-state index in [9.17, 15) is 9.90 Å². The third kappa shape index (κ3) is 1.07. The number of amides is 1. The number of rotatable bonds is 1. The van der Waals surface area contributed by atoms with Crippen LogP contribution >= 0.6 is 0 Å². The molecule has 0 radical (unpaired) electrons. The van der Waals surface area contributed by atoms with Crippen molar-refractivity contribution in [2.75, 3.05) is 0 Å². The van der Waals surface area contributed by atoms with E-state index in [2.05, 4.69) is 5.32 Å². The Hall–Kier alpha value is -0.770. The maximum Gasteiger partial charge on any atom is 0.404 e. The lowest BCUT2D eigenvalue weighted by atomic mass is 10.1. The Bertz CT molecular complexity index is 194. The fraction of sp³-hybridized carbons (Fsp3) is 0.857. The molecule has 0 aromatic rings. The van der Waals surface area contributed by atoms with Crippen molar-refractivity contribution in [2.45, 2.75) is 25.0 Å². The third-order valence-corrected chi connectivity index (χ3v) is 2.69. The van der Waals surface area contributed by atoms with E-state index in [0.29, 0.717) is 11.8 Å². The topological polar surface area (TPSA) is 69.6 Å². The predicted octanol–water partition coefficient (Wildman–Crippen LogP) is 0.0233. The van der Waals surface area contributed by atoms with Crippen molar-refractivity contribution in [1.82, 2.24) is 5.32 Å². The highest BCUT2D eigenvalue weighted by molar-refractivity contribution is 5.65. The molecule has 2 aliphatic carbocycles. The van der Waals surface area contributed by atoms with E-state index in [1.54, 1.807) is 0 Å². The Morgan fingerprint density at radius 2 is 2.18 bits per heavy atom. The fourth-order valence-corrected chi connectivity index (χ4v) is 2.03. The highest BCUT2D eigenvalue weighted by Gasteiger charge is 2.53. The number of aliphatic hydroxyl groups is 1. The van der Waals surface area contributed by atoms with Crippen molar-refractivity contribution in [3.63, 3.8) is 0 Å². The van der Waals surface area contributed by atoms with Crippen LogP contribution < -0.4 is 5.32 Å². The van der Waals surface area contributed by atoms with Gasteiger partial charge in [0.1, 0.15) is 0 Å². The molecular weight excluding hydrogens is 146 g/mol. The number of carboxylic acid groups (broad SMARTS) is 1. The van der Waals surface area contributed by atoms with Crippen LogP contribution in [0.25, 0.3) is 0 Å². The summed E-state index contributed by atoms with van der Waals surface area (Å²) in [6, 6.07) is -0.212. The smallest absolute Gasteiger partial charge is 0.404 e. The zero-order chi connectivity index (χ0) is 8.01. The molecule has 3 N–H and O–H groups in total. The molecule has 2 rings (SSSR count). The molecular formula is C7H11NO3. The summed E-state index contributed by atoms with van der Waals surface area (Å²) < 4.78 is 0. The maximum absolute atomic E-state index is 10.2. The zero-order valence-corrected chi connectivity index (χ0v) is 6.03. The summed E-state index contributed by atoms with van der Waals surface area (Å²) in [5, 5.41) is 20.1. The average Bonchev–Trinajstić information content (AvgIpc) is 2.58. The Morgan fingerprint density at radius 1 is 1.45 bits per heavy atom. The van der Waals surface area contributed by atoms with Crippen LogP contribution in [-0.4, -0.2) is 28.5 Å². The summed E-state index contributed by atoms with van der Waals surface area (Å²) in [4.78, 5) is 10.2. The second kappa shape index (κ2) is 2.11. The molecule has 11 heavy (non-hydrogen) atoms. The standard InChI is InChI=1S/C7H11NO3/c9-6-4-1-3(4)2-5(6)8-7(10)11/h3-6,8-9H,1-2H2,(H,10,11)/t3-,4?,5-,6?/m0/s1. The molecule has 0 aromatic carbocycles. The predicted molar refractivity (Wildman–Crippen MR) is 37.2 cm³/mol. The second-order valence-electron chi connectivity index (χ2n) is 3.44. The van der Waals surface area contributed by atoms with Gasteiger partial charge in [0.2, 0.25) is 0 Å². The highest BCUT2D eigenvalue weighted by Crippen LogP contribution is 2.51. The van der Waals surface area contributed by atoms with Gasteiger partial charge in [0.15, 0.2) is 0 Å². The third-order valence-electron chi connectivity index (χ3n) is 2.69. The van der Waals surface area contributed by atoms with Crippen molar-refractivity contribution < 1.29 is 15.0 Å². The van der Waals surface area contributed by atoms with Gasteiger partial charge in [0.25, 0.3) is 0 Å². The summed E-state index contributed by atoms with van der Waals surface area (Å²) in [6.07, 6.45) is 0.434. The maximum atomic E-state index is 10.2. The second-order valence-corrected chi connectivity index (χ2v) is 3.44. The van der Waals surface area contributed by atoms with Crippen LogP contribution in [-0.2, 0) is 0 Å². The largest absolute Gasteiger partial charge is 0.465 e. The molecule has 0 saturated heterocycles. The van der Waals surface area contributed by atoms with Gasteiger partial charge < -0.3 is 15.5 Å². The number of hydrogen-bond donors (Lipinski definition) is 3. The Labute approximate surface area is 64.2 Å². The van der Waals surface area contributed by atoms with E-state index < -0.39 is 12.2 Å². The fourth-order valence-electron chi connectivity index (χ4n) is 2.03. The molecule has 0 aromatic heterocycles. The highest BCUT2D eigenvalue weighted by atomic mass is 16.4. The van der Waals surface area contributed by atoms with Crippen molar-refractivity contribution in [3.8, 4) is 0 Å². The number of hydrogen-bond acceptors (Lipinski definition) is 2. The van der Waals surface area contributed by atoms with Gasteiger partial charge in [0, 0.05) is 0 Å². The van der Waals surface area contributed by atoms with Crippen LogP contribution in [0.1, 0.15) is 12.8 Å². The molecule has 0 spiro atoms. The molecule has 4 atom stereocenters. The Kier molecular flexibility index (Phi) is 1.32. The van der Waals surface area contributed by atoms with E-state index in [-0.39, 0.29) is 6.04 Å². The number of nitrogens with one attached hydrogen (secondary N) is 1. The van der Waals surface area contributed by atoms with Gasteiger partial charge in [-0.15, -0.1) is 0 Å². The van der Waals surface area contributed by atoms with Crippen molar-refractivity contribution >= 4 is 6.09 Å². The van der Waals surface area contributed by atoms with Gasteiger partial charge in [-0.2, -0.15) is 0 Å². The van der Waals surface area contributed by atoms with Gasteiger partial charge in [-0.25, -0.2) is 4.79 Å². The van der Waals surface area contributed by atoms with Crippen LogP contribution in [0.5, 0.6) is 0 Å². The van der Waals surface area contributed by atoms with E-state index >= 15 is 0 Å². The molecule has 2 unspecified atom stereocenters. The van der Waals surface area contributed by atoms with Crippen molar-refractivity contribution in [1.29, 1.82) is 0 Å². The normalized spacial score (nSPS) is 46.6. The lowest BCUT2D eigenvalue weighted by Crippen LogP contribution is -2.40. The zero-order valence-electron chi connectivity index (χ0n) is 6.03. The minimum absolute atomic E-state index is 0.212. The van der Waals surface area contributed by atoms with Crippen LogP contribution in [0.15, 0.2) is 0 Å². The molecule has 0 bridgehead atoms. The van der Waals surface area contributed by atoms with Crippen LogP contribution in [0.2, 0.25) is 0 Å². The van der Waals surface area contributed by atoms with Crippen molar-refractivity contribution in [2.24, 2.45) is 11.8 Å². The van der Waals surface area contributed by atoms with Crippen LogP contribution in [0, 0.1) is 11.8 Å². The van der Waals surface area contributed by atoms with Crippen LogP contribution in [0.3, 0.4) is 0 Å². The first-order valence-corrected chi connectivity index (χ1v) is 3.86. The lowest BCUT2D eigenvalue weighted by molar-refractivity contribution is 0.119. The quantitative estimate of drug-likeness (QED) is 0.502. The van der Waals surface area contributed by atoms with Crippen molar-refractivity contribution in [3.05, 3.63) is 0 Å². The lowest BCUT2D eigenvalue weighted by Gasteiger charge is -2.16. The van der Waals surface area contributed by atoms with E-state index in [1.807, 2.05) is 0 Å². The van der Waals surface area contributed by atoms with Gasteiger partial charge in [-0.3, -0.25) is 0 Å². The van der Waals surface area contributed by atoms with E-state index in [1.165, 1.54) is 0 Å². The number of aliphatic hydroxyl groups excluding tert-OH is 1. The van der Waals surface area contributed by atoms with Gasteiger partial charge in [-0.05, 0) is 24.7 Å². The number of carbonyl (C=O) groups is 1.